The van der Waals surface area contributed by atoms with Crippen LogP contribution in [0.4, 0.5) is 5.69 Å². The van der Waals surface area contributed by atoms with Crippen molar-refractivity contribution in [1.29, 1.82) is 0 Å². The molecule has 8 nitrogen and oxygen atoms in total. The summed E-state index contributed by atoms with van der Waals surface area (Å²) in [7, 11) is 0. The Morgan fingerprint density at radius 3 is 2.10 bits per heavy atom. The minimum Gasteiger partial charge on any atom is -0.422 e. The Balaban J connectivity index is 1.80. The van der Waals surface area contributed by atoms with E-state index in [0.717, 1.165) is 8.95 Å². The Kier molecular flexibility index (Phi) is 7.27. The highest BCUT2D eigenvalue weighted by molar-refractivity contribution is 9.10. The van der Waals surface area contributed by atoms with Crippen molar-refractivity contribution in [3.05, 3.63) is 102 Å². The first kappa shape index (κ1) is 22.3. The quantitative estimate of drug-likeness (QED) is 0.152. The van der Waals surface area contributed by atoms with Crippen molar-refractivity contribution in [2.45, 2.75) is 0 Å². The second kappa shape index (κ2) is 10.1. The number of hydrogen-bond donors (Lipinski definition) is 1. The summed E-state index contributed by atoms with van der Waals surface area (Å²) in [6, 6.07) is 16.8. The number of ether oxygens (including phenoxy) is 1. The molecule has 0 aliphatic heterocycles. The number of rotatable bonds is 6. The number of amides is 1. The zero-order chi connectivity index (χ0) is 22.4. The van der Waals surface area contributed by atoms with E-state index in [1.54, 1.807) is 48.5 Å². The molecule has 0 unspecified atom stereocenters. The summed E-state index contributed by atoms with van der Waals surface area (Å²) < 4.78 is 7.00. The molecule has 0 aliphatic carbocycles. The van der Waals surface area contributed by atoms with Crippen LogP contribution in [0.25, 0.3) is 0 Å². The highest BCUT2D eigenvalue weighted by atomic mass is 79.9. The highest BCUT2D eigenvalue weighted by Gasteiger charge is 2.15. The van der Waals surface area contributed by atoms with Crippen LogP contribution in [0, 0.1) is 10.1 Å². The number of nitrogens with zero attached hydrogens (tertiary/aromatic N) is 2. The number of carbonyl (C=O) groups is 2. The van der Waals surface area contributed by atoms with Gasteiger partial charge in [0.2, 0.25) is 0 Å². The summed E-state index contributed by atoms with van der Waals surface area (Å²) >= 11 is 6.57. The molecular weight excluding hydrogens is 534 g/mol. The van der Waals surface area contributed by atoms with Gasteiger partial charge in [0.1, 0.15) is 5.75 Å². The zero-order valence-corrected chi connectivity index (χ0v) is 18.8. The van der Waals surface area contributed by atoms with Crippen molar-refractivity contribution in [2.75, 3.05) is 0 Å². The summed E-state index contributed by atoms with van der Waals surface area (Å²) in [6.07, 6.45) is 1.17. The summed E-state index contributed by atoms with van der Waals surface area (Å²) in [6.45, 7) is 0. The number of halogens is 2. The molecule has 0 bridgehead atoms. The first-order valence-electron chi connectivity index (χ1n) is 8.68. The molecule has 0 atom stereocenters. The molecule has 0 aliphatic rings. The van der Waals surface area contributed by atoms with Crippen LogP contribution in [0.3, 0.4) is 0 Å². The van der Waals surface area contributed by atoms with Crippen molar-refractivity contribution in [2.24, 2.45) is 5.10 Å². The number of carbonyl (C=O) groups excluding carboxylic acids is 2. The minimum absolute atomic E-state index is 0.0557. The number of hydrazone groups is 1. The Morgan fingerprint density at radius 1 is 0.935 bits per heavy atom. The van der Waals surface area contributed by atoms with Gasteiger partial charge < -0.3 is 4.74 Å². The lowest BCUT2D eigenvalue weighted by Gasteiger charge is -2.08. The van der Waals surface area contributed by atoms with Crippen molar-refractivity contribution in [1.82, 2.24) is 5.43 Å². The number of hydrogen-bond acceptors (Lipinski definition) is 6. The fourth-order valence-electron chi connectivity index (χ4n) is 2.41. The first-order chi connectivity index (χ1) is 14.8. The molecular formula is C21H13Br2N3O5. The van der Waals surface area contributed by atoms with E-state index in [4.69, 9.17) is 4.74 Å². The molecule has 1 N–H and O–H groups in total. The van der Waals surface area contributed by atoms with Gasteiger partial charge in [0.25, 0.3) is 11.6 Å². The lowest BCUT2D eigenvalue weighted by atomic mass is 10.2. The maximum atomic E-state index is 12.4. The fourth-order valence-corrected chi connectivity index (χ4v) is 2.94. The third kappa shape index (κ3) is 6.06. The van der Waals surface area contributed by atoms with Crippen LogP contribution in [0.15, 0.2) is 80.8 Å². The molecule has 31 heavy (non-hydrogen) atoms. The molecule has 0 fully saturated rings. The number of nitrogens with one attached hydrogen (secondary N) is 1. The van der Waals surface area contributed by atoms with Crippen molar-refractivity contribution >= 4 is 55.6 Å². The van der Waals surface area contributed by atoms with Crippen LogP contribution in [-0.4, -0.2) is 23.0 Å². The van der Waals surface area contributed by atoms with E-state index >= 15 is 0 Å². The van der Waals surface area contributed by atoms with E-state index < -0.39 is 16.8 Å². The number of nitro benzene ring substituents is 1. The van der Waals surface area contributed by atoms with E-state index in [9.17, 15) is 19.7 Å². The normalized spacial score (nSPS) is 10.6. The molecule has 3 rings (SSSR count). The maximum absolute atomic E-state index is 12.4. The monoisotopic (exact) mass is 545 g/mol. The largest absolute Gasteiger partial charge is 0.422 e. The molecule has 3 aromatic rings. The Labute approximate surface area is 193 Å². The number of non-ortho nitro benzene ring substituents is 1. The minimum atomic E-state index is -0.644. The standard InChI is InChI=1S/C21H13Br2N3O5/c22-16-5-1-13(2-6-16)20(27)25-24-12-15-11-18(26(29)30)9-10-19(15)31-21(28)14-3-7-17(23)8-4-14/h1-12H,(H,25,27)/b24-12+. The molecule has 0 aromatic heterocycles. The average molecular weight is 547 g/mol. The highest BCUT2D eigenvalue weighted by Crippen LogP contribution is 2.24. The van der Waals surface area contributed by atoms with Crippen molar-refractivity contribution in [3.8, 4) is 5.75 Å². The zero-order valence-electron chi connectivity index (χ0n) is 15.6. The second-order valence-corrected chi connectivity index (χ2v) is 7.91. The third-order valence-electron chi connectivity index (χ3n) is 3.96. The average Bonchev–Trinajstić information content (AvgIpc) is 2.75. The number of benzene rings is 3. The van der Waals surface area contributed by atoms with Gasteiger partial charge in [0, 0.05) is 32.2 Å². The molecule has 0 heterocycles. The molecule has 156 valence electrons. The summed E-state index contributed by atoms with van der Waals surface area (Å²) in [4.78, 5) is 35.1. The molecule has 3 aromatic carbocycles. The maximum Gasteiger partial charge on any atom is 0.343 e. The van der Waals surface area contributed by atoms with Gasteiger partial charge in [-0.1, -0.05) is 31.9 Å². The van der Waals surface area contributed by atoms with Gasteiger partial charge in [-0.15, -0.1) is 0 Å². The lowest BCUT2D eigenvalue weighted by Crippen LogP contribution is -2.17. The van der Waals surface area contributed by atoms with E-state index in [1.807, 2.05) is 0 Å². The number of nitro groups is 1. The molecule has 0 spiro atoms. The van der Waals surface area contributed by atoms with Gasteiger partial charge in [-0.2, -0.15) is 5.10 Å². The topological polar surface area (TPSA) is 111 Å². The second-order valence-electron chi connectivity index (χ2n) is 6.08. The first-order valence-corrected chi connectivity index (χ1v) is 10.3. The van der Waals surface area contributed by atoms with E-state index in [0.29, 0.717) is 11.1 Å². The summed E-state index contributed by atoms with van der Waals surface area (Å²) in [5.74, 6) is -1.06. The predicted molar refractivity (Wildman–Crippen MR) is 121 cm³/mol. The summed E-state index contributed by atoms with van der Waals surface area (Å²) in [5.41, 5.74) is 2.94. The molecule has 0 saturated heterocycles. The molecule has 0 saturated carbocycles. The molecule has 0 radical (unpaired) electrons. The molecule has 10 heteroatoms. The van der Waals surface area contributed by atoms with Gasteiger partial charge in [-0.25, -0.2) is 10.2 Å². The van der Waals surface area contributed by atoms with Crippen LogP contribution >= 0.6 is 31.9 Å². The lowest BCUT2D eigenvalue weighted by molar-refractivity contribution is -0.384. The SMILES string of the molecule is O=C(N/N=C/c1cc([N+](=O)[O-])ccc1OC(=O)c1ccc(Br)cc1)c1ccc(Br)cc1. The van der Waals surface area contributed by atoms with Crippen molar-refractivity contribution < 1.29 is 19.2 Å². The van der Waals surface area contributed by atoms with Crippen LogP contribution < -0.4 is 10.2 Å². The summed E-state index contributed by atoms with van der Waals surface area (Å²) in [5, 5.41) is 14.9. The van der Waals surface area contributed by atoms with Gasteiger partial charge in [0.15, 0.2) is 0 Å². The van der Waals surface area contributed by atoms with Crippen molar-refractivity contribution in [3.63, 3.8) is 0 Å². The van der Waals surface area contributed by atoms with Gasteiger partial charge in [0.05, 0.1) is 16.7 Å². The van der Waals surface area contributed by atoms with Gasteiger partial charge >= 0.3 is 5.97 Å². The van der Waals surface area contributed by atoms with E-state index in [1.165, 1.54) is 24.4 Å². The van der Waals surface area contributed by atoms with Crippen LogP contribution in [-0.2, 0) is 0 Å². The van der Waals surface area contributed by atoms with Crippen LogP contribution in [0.2, 0.25) is 0 Å². The Bertz CT molecular complexity index is 1160. The van der Waals surface area contributed by atoms with Gasteiger partial charge in [-0.05, 0) is 54.6 Å². The smallest absolute Gasteiger partial charge is 0.343 e. The number of esters is 1. The van der Waals surface area contributed by atoms with E-state index in [2.05, 4.69) is 42.4 Å². The fraction of sp³-hybridized carbons (Fsp3) is 0. The Morgan fingerprint density at radius 2 is 1.52 bits per heavy atom. The Hall–Kier alpha value is -3.37. The van der Waals surface area contributed by atoms with Gasteiger partial charge in [-0.3, -0.25) is 14.9 Å². The predicted octanol–water partition coefficient (Wildman–Crippen LogP) is 5.10. The van der Waals surface area contributed by atoms with Crippen LogP contribution in [0.5, 0.6) is 5.75 Å². The van der Waals surface area contributed by atoms with E-state index in [-0.39, 0.29) is 17.0 Å². The van der Waals surface area contributed by atoms with Crippen LogP contribution in [0.1, 0.15) is 26.3 Å². The third-order valence-corrected chi connectivity index (χ3v) is 5.02. The molecule has 1 amide bonds.